The molecule has 104 valence electrons. The molecule has 0 aliphatic heterocycles. The van der Waals surface area contributed by atoms with Gasteiger partial charge >= 0.3 is 0 Å². The molecule has 4 rings (SSSR count). The molecule has 0 amide bonds. The number of hydrogen-bond donors (Lipinski definition) is 2. The number of nitrogens with two attached hydrogens (primary N) is 1. The van der Waals surface area contributed by atoms with Crippen LogP contribution in [0.1, 0.15) is 52.4 Å². The first kappa shape index (κ1) is 12.9. The van der Waals surface area contributed by atoms with Crippen molar-refractivity contribution in [2.24, 2.45) is 41.2 Å². The van der Waals surface area contributed by atoms with Crippen molar-refractivity contribution in [2.45, 2.75) is 58.0 Å². The van der Waals surface area contributed by atoms with Gasteiger partial charge in [-0.15, -0.1) is 0 Å². The van der Waals surface area contributed by atoms with Crippen LogP contribution in [0.2, 0.25) is 0 Å². The second-order valence-electron chi connectivity index (χ2n) is 7.64. The Morgan fingerprint density at radius 1 is 1.06 bits per heavy atom. The molecule has 4 aliphatic carbocycles. The second kappa shape index (κ2) is 4.49. The molecule has 0 heterocycles. The highest BCUT2D eigenvalue weighted by Crippen LogP contribution is 2.60. The summed E-state index contributed by atoms with van der Waals surface area (Å²) < 4.78 is 0. The van der Waals surface area contributed by atoms with Gasteiger partial charge in [-0.1, -0.05) is 13.8 Å². The highest BCUT2D eigenvalue weighted by Gasteiger charge is 2.55. The van der Waals surface area contributed by atoms with Gasteiger partial charge in [-0.05, 0) is 80.6 Å². The normalized spacial score (nSPS) is 45.5. The lowest BCUT2D eigenvalue weighted by Gasteiger charge is -2.59. The zero-order valence-electron chi connectivity index (χ0n) is 11.9. The molecule has 3 N–H and O–H groups in total. The molecule has 18 heavy (non-hydrogen) atoms. The third-order valence-corrected chi connectivity index (χ3v) is 6.35. The van der Waals surface area contributed by atoms with Gasteiger partial charge < -0.3 is 10.8 Å². The predicted octanol–water partition coefficient (Wildman–Crippen LogP) is 2.79. The standard InChI is InChI=1S/C16H29NO/c1-10(2)16(18,3-4-17)15-13-6-11-5-12(8-13)9-14(15)7-11/h10-15,18H,3-9,17H2,1-2H3. The number of aliphatic hydroxyl groups is 1. The van der Waals surface area contributed by atoms with Gasteiger partial charge in [-0.2, -0.15) is 0 Å². The van der Waals surface area contributed by atoms with Crippen LogP contribution in [0.5, 0.6) is 0 Å². The van der Waals surface area contributed by atoms with Crippen molar-refractivity contribution in [3.8, 4) is 0 Å². The molecule has 4 saturated carbocycles. The van der Waals surface area contributed by atoms with Crippen molar-refractivity contribution in [3.05, 3.63) is 0 Å². The molecular weight excluding hydrogens is 222 g/mol. The molecule has 0 radical (unpaired) electrons. The third kappa shape index (κ3) is 1.84. The second-order valence-corrected chi connectivity index (χ2v) is 7.64. The minimum Gasteiger partial charge on any atom is -0.389 e. The van der Waals surface area contributed by atoms with E-state index < -0.39 is 5.60 Å². The lowest BCUT2D eigenvalue weighted by Crippen LogP contribution is -2.57. The van der Waals surface area contributed by atoms with Crippen molar-refractivity contribution >= 4 is 0 Å². The van der Waals surface area contributed by atoms with Crippen LogP contribution in [0.4, 0.5) is 0 Å². The number of rotatable bonds is 4. The Morgan fingerprint density at radius 2 is 1.56 bits per heavy atom. The van der Waals surface area contributed by atoms with Gasteiger partial charge in [-0.25, -0.2) is 0 Å². The van der Waals surface area contributed by atoms with E-state index in [0.717, 1.165) is 30.1 Å². The van der Waals surface area contributed by atoms with E-state index in [0.29, 0.717) is 18.4 Å². The molecule has 4 fully saturated rings. The lowest BCUT2D eigenvalue weighted by atomic mass is 9.47. The molecule has 2 heteroatoms. The molecule has 0 aromatic heterocycles. The first-order valence-electron chi connectivity index (χ1n) is 7.97. The fourth-order valence-electron chi connectivity index (χ4n) is 5.81. The van der Waals surface area contributed by atoms with E-state index in [1.165, 1.54) is 32.1 Å². The minimum absolute atomic E-state index is 0.337. The summed E-state index contributed by atoms with van der Waals surface area (Å²) in [5.41, 5.74) is 5.28. The Kier molecular flexibility index (Phi) is 3.22. The smallest absolute Gasteiger partial charge is 0.0715 e. The quantitative estimate of drug-likeness (QED) is 0.807. The number of hydrogen-bond acceptors (Lipinski definition) is 2. The molecular formula is C16H29NO. The summed E-state index contributed by atoms with van der Waals surface area (Å²) in [7, 11) is 0. The Bertz CT molecular complexity index is 286. The first-order valence-corrected chi connectivity index (χ1v) is 7.97. The highest BCUT2D eigenvalue weighted by molar-refractivity contribution is 5.05. The summed E-state index contributed by atoms with van der Waals surface area (Å²) >= 11 is 0. The monoisotopic (exact) mass is 251 g/mol. The van der Waals surface area contributed by atoms with Crippen LogP contribution in [0.25, 0.3) is 0 Å². The molecule has 0 aromatic carbocycles. The van der Waals surface area contributed by atoms with Crippen molar-refractivity contribution < 1.29 is 5.11 Å². The van der Waals surface area contributed by atoms with E-state index in [1.54, 1.807) is 0 Å². The Morgan fingerprint density at radius 3 is 1.94 bits per heavy atom. The maximum atomic E-state index is 11.2. The lowest BCUT2D eigenvalue weighted by molar-refractivity contribution is -0.164. The maximum Gasteiger partial charge on any atom is 0.0715 e. The van der Waals surface area contributed by atoms with Gasteiger partial charge in [0.25, 0.3) is 0 Å². The van der Waals surface area contributed by atoms with Crippen molar-refractivity contribution in [3.63, 3.8) is 0 Å². The van der Waals surface area contributed by atoms with E-state index in [1.807, 2.05) is 0 Å². The minimum atomic E-state index is -0.503. The summed E-state index contributed by atoms with van der Waals surface area (Å²) in [5.74, 6) is 4.42. The summed E-state index contributed by atoms with van der Waals surface area (Å²) in [6.07, 6.45) is 7.82. The summed E-state index contributed by atoms with van der Waals surface area (Å²) in [4.78, 5) is 0. The molecule has 2 nitrogen and oxygen atoms in total. The maximum absolute atomic E-state index is 11.2. The van der Waals surface area contributed by atoms with Crippen LogP contribution in [0, 0.1) is 35.5 Å². The fourth-order valence-corrected chi connectivity index (χ4v) is 5.81. The van der Waals surface area contributed by atoms with Gasteiger partial charge in [0.1, 0.15) is 0 Å². The third-order valence-electron chi connectivity index (χ3n) is 6.35. The molecule has 0 aromatic rings. The van der Waals surface area contributed by atoms with E-state index in [4.69, 9.17) is 5.73 Å². The zero-order valence-corrected chi connectivity index (χ0v) is 11.9. The van der Waals surface area contributed by atoms with Gasteiger partial charge in [0.2, 0.25) is 0 Å². The molecule has 0 saturated heterocycles. The van der Waals surface area contributed by atoms with Gasteiger partial charge in [0.05, 0.1) is 5.60 Å². The van der Waals surface area contributed by atoms with E-state index in [9.17, 15) is 5.11 Å². The van der Waals surface area contributed by atoms with Crippen LogP contribution in [0.3, 0.4) is 0 Å². The Balaban J connectivity index is 1.86. The van der Waals surface area contributed by atoms with Gasteiger partial charge in [-0.3, -0.25) is 0 Å². The SMILES string of the molecule is CC(C)C(O)(CCN)C1C2CC3CC(C2)CC1C3. The predicted molar refractivity (Wildman–Crippen MR) is 74.0 cm³/mol. The van der Waals surface area contributed by atoms with Crippen LogP contribution in [0.15, 0.2) is 0 Å². The van der Waals surface area contributed by atoms with Crippen molar-refractivity contribution in [1.82, 2.24) is 0 Å². The van der Waals surface area contributed by atoms with Gasteiger partial charge in [0, 0.05) is 0 Å². The van der Waals surface area contributed by atoms with Gasteiger partial charge in [0.15, 0.2) is 0 Å². The molecule has 4 bridgehead atoms. The fraction of sp³-hybridized carbons (Fsp3) is 1.00. The Hall–Kier alpha value is -0.0800. The Labute approximate surface area is 111 Å². The van der Waals surface area contributed by atoms with E-state index in [2.05, 4.69) is 13.8 Å². The average molecular weight is 251 g/mol. The first-order chi connectivity index (χ1) is 8.54. The molecule has 4 aliphatic rings. The highest BCUT2D eigenvalue weighted by atomic mass is 16.3. The summed E-state index contributed by atoms with van der Waals surface area (Å²) in [6.45, 7) is 4.99. The summed E-state index contributed by atoms with van der Waals surface area (Å²) in [6, 6.07) is 0. The molecule has 1 atom stereocenters. The molecule has 1 unspecified atom stereocenters. The van der Waals surface area contributed by atoms with Crippen LogP contribution < -0.4 is 5.73 Å². The van der Waals surface area contributed by atoms with Crippen LogP contribution in [-0.4, -0.2) is 17.3 Å². The average Bonchev–Trinajstić information content (AvgIpc) is 2.27. The topological polar surface area (TPSA) is 46.2 Å². The molecule has 0 spiro atoms. The van der Waals surface area contributed by atoms with Crippen molar-refractivity contribution in [1.29, 1.82) is 0 Å². The summed E-state index contributed by atoms with van der Waals surface area (Å²) in [5, 5.41) is 11.2. The van der Waals surface area contributed by atoms with E-state index in [-0.39, 0.29) is 0 Å². The zero-order chi connectivity index (χ0) is 12.9. The largest absolute Gasteiger partial charge is 0.389 e. The van der Waals surface area contributed by atoms with Crippen molar-refractivity contribution in [2.75, 3.05) is 6.54 Å². The van der Waals surface area contributed by atoms with Crippen LogP contribution in [-0.2, 0) is 0 Å². The van der Waals surface area contributed by atoms with E-state index >= 15 is 0 Å². The van der Waals surface area contributed by atoms with Crippen LogP contribution >= 0.6 is 0 Å².